The normalized spacial score (nSPS) is 10.7. The minimum absolute atomic E-state index is 0.215. The van der Waals surface area contributed by atoms with Crippen molar-refractivity contribution in [3.63, 3.8) is 0 Å². The Morgan fingerprint density at radius 3 is 2.82 bits per heavy atom. The summed E-state index contributed by atoms with van der Waals surface area (Å²) in [5.74, 6) is 6.43. The highest BCUT2D eigenvalue weighted by Crippen LogP contribution is 2.21. The van der Waals surface area contributed by atoms with E-state index in [2.05, 4.69) is 26.3 Å². The second kappa shape index (κ2) is 5.78. The molecule has 0 aliphatic rings. The van der Waals surface area contributed by atoms with Gasteiger partial charge in [0.15, 0.2) is 0 Å². The minimum Gasteiger partial charge on any atom is -0.497 e. The molecule has 0 radical (unpaired) electrons. The Bertz CT molecular complexity index is 908. The van der Waals surface area contributed by atoms with E-state index in [0.717, 1.165) is 4.47 Å². The zero-order valence-electron chi connectivity index (χ0n) is 11.7. The lowest BCUT2D eigenvalue weighted by Crippen LogP contribution is -2.26. The van der Waals surface area contributed by atoms with Gasteiger partial charge in [0.1, 0.15) is 5.75 Å². The summed E-state index contributed by atoms with van der Waals surface area (Å²) in [6.07, 6.45) is 0. The zero-order valence-corrected chi connectivity index (χ0v) is 13.3. The first-order valence-corrected chi connectivity index (χ1v) is 7.26. The third kappa shape index (κ3) is 2.44. The average molecular weight is 361 g/mol. The Morgan fingerprint density at radius 1 is 1.27 bits per heavy atom. The molecular formula is C15H13BrN4O2. The molecule has 0 aliphatic heterocycles. The van der Waals surface area contributed by atoms with Crippen LogP contribution in [-0.4, -0.2) is 16.7 Å². The number of ether oxygens (including phenoxy) is 1. The van der Waals surface area contributed by atoms with Gasteiger partial charge in [0, 0.05) is 10.5 Å². The molecule has 112 valence electrons. The maximum absolute atomic E-state index is 12.8. The Hall–Kier alpha value is -2.38. The van der Waals surface area contributed by atoms with Crippen LogP contribution in [0.3, 0.4) is 0 Å². The molecule has 7 heteroatoms. The van der Waals surface area contributed by atoms with Crippen molar-refractivity contribution >= 4 is 32.8 Å². The molecule has 3 aromatic rings. The highest BCUT2D eigenvalue weighted by atomic mass is 79.9. The van der Waals surface area contributed by atoms with Crippen LogP contribution < -0.4 is 21.6 Å². The predicted octanol–water partition coefficient (Wildman–Crippen LogP) is 2.44. The van der Waals surface area contributed by atoms with Crippen LogP contribution in [0.2, 0.25) is 0 Å². The van der Waals surface area contributed by atoms with E-state index in [-0.39, 0.29) is 11.5 Å². The number of nitrogens with one attached hydrogen (secondary N) is 1. The number of rotatable bonds is 3. The molecule has 1 aromatic heterocycles. The van der Waals surface area contributed by atoms with Crippen LogP contribution in [0.4, 0.5) is 5.95 Å². The summed E-state index contributed by atoms with van der Waals surface area (Å²) in [6.45, 7) is 0. The molecule has 0 aliphatic carbocycles. The van der Waals surface area contributed by atoms with Crippen LogP contribution in [0.15, 0.2) is 51.7 Å². The van der Waals surface area contributed by atoms with E-state index in [4.69, 9.17) is 10.6 Å². The Morgan fingerprint density at radius 2 is 2.09 bits per heavy atom. The number of fused-ring (bicyclic) bond motifs is 1. The second-order valence-electron chi connectivity index (χ2n) is 4.58. The van der Waals surface area contributed by atoms with Crippen LogP contribution in [0.5, 0.6) is 5.75 Å². The van der Waals surface area contributed by atoms with Gasteiger partial charge in [-0.3, -0.25) is 10.2 Å². The first kappa shape index (κ1) is 14.6. The number of aromatic nitrogens is 2. The van der Waals surface area contributed by atoms with E-state index < -0.39 is 0 Å². The summed E-state index contributed by atoms with van der Waals surface area (Å²) in [6, 6.07) is 12.5. The van der Waals surface area contributed by atoms with Gasteiger partial charge < -0.3 is 4.74 Å². The molecule has 3 N–H and O–H groups in total. The van der Waals surface area contributed by atoms with Crippen molar-refractivity contribution in [2.45, 2.75) is 0 Å². The van der Waals surface area contributed by atoms with E-state index in [0.29, 0.717) is 22.3 Å². The number of hydrazine groups is 1. The number of nitrogens with zero attached hydrogens (tertiary/aromatic N) is 2. The summed E-state index contributed by atoms with van der Waals surface area (Å²) in [7, 11) is 1.57. The second-order valence-corrected chi connectivity index (χ2v) is 5.50. The molecule has 0 saturated carbocycles. The van der Waals surface area contributed by atoms with Crippen LogP contribution in [-0.2, 0) is 0 Å². The topological polar surface area (TPSA) is 82.2 Å². The fourth-order valence-corrected chi connectivity index (χ4v) is 2.60. The average Bonchev–Trinajstić information content (AvgIpc) is 2.55. The SMILES string of the molecule is COc1cccc(-n2c(NN)nc3ccc(Br)cc3c2=O)c1. The molecule has 0 amide bonds. The lowest BCUT2D eigenvalue weighted by molar-refractivity contribution is 0.414. The molecule has 0 saturated heterocycles. The number of nitrogen functional groups attached to an aromatic ring is 1. The molecule has 0 spiro atoms. The van der Waals surface area contributed by atoms with Gasteiger partial charge in [-0.05, 0) is 30.3 Å². The van der Waals surface area contributed by atoms with Crippen molar-refractivity contribution in [1.82, 2.24) is 9.55 Å². The largest absolute Gasteiger partial charge is 0.497 e. The van der Waals surface area contributed by atoms with Crippen LogP contribution in [0.25, 0.3) is 16.6 Å². The van der Waals surface area contributed by atoms with Crippen molar-refractivity contribution in [2.75, 3.05) is 12.5 Å². The van der Waals surface area contributed by atoms with Gasteiger partial charge in [-0.1, -0.05) is 22.0 Å². The van der Waals surface area contributed by atoms with Gasteiger partial charge in [0.05, 0.1) is 23.7 Å². The van der Waals surface area contributed by atoms with Crippen molar-refractivity contribution in [2.24, 2.45) is 5.84 Å². The number of nitrogens with two attached hydrogens (primary N) is 1. The van der Waals surface area contributed by atoms with Crippen molar-refractivity contribution in [1.29, 1.82) is 0 Å². The highest BCUT2D eigenvalue weighted by molar-refractivity contribution is 9.10. The van der Waals surface area contributed by atoms with Crippen LogP contribution in [0.1, 0.15) is 0 Å². The van der Waals surface area contributed by atoms with E-state index >= 15 is 0 Å². The van der Waals surface area contributed by atoms with Gasteiger partial charge in [0.25, 0.3) is 5.56 Å². The number of methoxy groups -OCH3 is 1. The monoisotopic (exact) mass is 360 g/mol. The van der Waals surface area contributed by atoms with Crippen molar-refractivity contribution in [3.05, 3.63) is 57.3 Å². The first-order valence-electron chi connectivity index (χ1n) is 6.47. The molecular weight excluding hydrogens is 348 g/mol. The number of hydrogen-bond acceptors (Lipinski definition) is 5. The van der Waals surface area contributed by atoms with Gasteiger partial charge in [-0.15, -0.1) is 0 Å². The quantitative estimate of drug-likeness (QED) is 0.553. The lowest BCUT2D eigenvalue weighted by atomic mass is 10.2. The Balaban J connectivity index is 2.36. The van der Waals surface area contributed by atoms with Gasteiger partial charge in [-0.25, -0.2) is 15.4 Å². The molecule has 0 atom stereocenters. The number of anilines is 1. The predicted molar refractivity (Wildman–Crippen MR) is 89.4 cm³/mol. The molecule has 0 fully saturated rings. The van der Waals surface area contributed by atoms with E-state index in [1.165, 1.54) is 4.57 Å². The smallest absolute Gasteiger partial charge is 0.267 e. The number of hydrogen-bond donors (Lipinski definition) is 2. The van der Waals surface area contributed by atoms with Crippen molar-refractivity contribution in [3.8, 4) is 11.4 Å². The summed E-state index contributed by atoms with van der Waals surface area (Å²) in [5.41, 5.74) is 3.45. The van der Waals surface area contributed by atoms with Gasteiger partial charge >= 0.3 is 0 Å². The molecule has 0 unspecified atom stereocenters. The third-order valence-corrected chi connectivity index (χ3v) is 3.76. The molecule has 1 heterocycles. The molecule has 6 nitrogen and oxygen atoms in total. The third-order valence-electron chi connectivity index (χ3n) is 3.27. The first-order chi connectivity index (χ1) is 10.6. The molecule has 0 bridgehead atoms. The minimum atomic E-state index is -0.215. The summed E-state index contributed by atoms with van der Waals surface area (Å²) >= 11 is 3.37. The fourth-order valence-electron chi connectivity index (χ4n) is 2.24. The van der Waals surface area contributed by atoms with Crippen LogP contribution >= 0.6 is 15.9 Å². The van der Waals surface area contributed by atoms with Gasteiger partial charge in [-0.2, -0.15) is 0 Å². The fraction of sp³-hybridized carbons (Fsp3) is 0.0667. The van der Waals surface area contributed by atoms with E-state index in [1.54, 1.807) is 43.5 Å². The zero-order chi connectivity index (χ0) is 15.7. The van der Waals surface area contributed by atoms with Crippen molar-refractivity contribution < 1.29 is 4.74 Å². The van der Waals surface area contributed by atoms with Gasteiger partial charge in [0.2, 0.25) is 5.95 Å². The summed E-state index contributed by atoms with van der Waals surface area (Å²) in [5, 5.41) is 0.496. The Labute approximate surface area is 134 Å². The maximum atomic E-state index is 12.8. The summed E-state index contributed by atoms with van der Waals surface area (Å²) in [4.78, 5) is 17.2. The highest BCUT2D eigenvalue weighted by Gasteiger charge is 2.13. The summed E-state index contributed by atoms with van der Waals surface area (Å²) < 4.78 is 7.43. The van der Waals surface area contributed by atoms with E-state index in [9.17, 15) is 4.79 Å². The molecule has 2 aromatic carbocycles. The standard InChI is InChI=1S/C15H13BrN4O2/c1-22-11-4-2-3-10(8-11)20-14(21)12-7-9(16)5-6-13(12)18-15(20)19-17/h2-8H,17H2,1H3,(H,18,19). The van der Waals surface area contributed by atoms with E-state index in [1.807, 2.05) is 6.07 Å². The maximum Gasteiger partial charge on any atom is 0.267 e. The molecule has 3 rings (SSSR count). The molecule has 22 heavy (non-hydrogen) atoms. The lowest BCUT2D eigenvalue weighted by Gasteiger charge is -2.13. The van der Waals surface area contributed by atoms with Crippen LogP contribution in [0, 0.1) is 0 Å². The Kier molecular flexibility index (Phi) is 3.82. The number of benzene rings is 2. The number of halogens is 1.